The average molecular weight is 554 g/mol. The van der Waals surface area contributed by atoms with E-state index in [2.05, 4.69) is 5.32 Å². The van der Waals surface area contributed by atoms with E-state index in [-0.39, 0.29) is 47.8 Å². The number of hydrogen-bond donors (Lipinski definition) is 1. The topological polar surface area (TPSA) is 64.6 Å². The summed E-state index contributed by atoms with van der Waals surface area (Å²) in [6.45, 7) is 5.61. The molecule has 1 amide bonds. The Balaban J connectivity index is 1.98. The van der Waals surface area contributed by atoms with Gasteiger partial charge in [-0.05, 0) is 74.4 Å². The number of carbonyl (C=O) groups excluding carboxylic acids is 2. The molecule has 1 N–H and O–H groups in total. The summed E-state index contributed by atoms with van der Waals surface area (Å²) < 4.78 is 51.0. The van der Waals surface area contributed by atoms with Crippen molar-refractivity contribution in [1.29, 1.82) is 0 Å². The van der Waals surface area contributed by atoms with E-state index in [9.17, 15) is 22.8 Å². The van der Waals surface area contributed by atoms with Crippen LogP contribution in [-0.4, -0.2) is 24.9 Å². The van der Waals surface area contributed by atoms with Crippen LogP contribution >= 0.6 is 23.2 Å². The fraction of sp³-hybridized carbons (Fsp3) is 0.259. The van der Waals surface area contributed by atoms with Gasteiger partial charge in [-0.1, -0.05) is 29.3 Å². The van der Waals surface area contributed by atoms with Gasteiger partial charge in [0.2, 0.25) is 0 Å². The molecular weight excluding hydrogens is 530 g/mol. The van der Waals surface area contributed by atoms with E-state index in [1.54, 1.807) is 39.0 Å². The maximum Gasteiger partial charge on any atom is 0.417 e. The van der Waals surface area contributed by atoms with Gasteiger partial charge in [-0.3, -0.25) is 9.59 Å². The first kappa shape index (κ1) is 28.3. The molecule has 0 saturated carbocycles. The minimum Gasteiger partial charge on any atom is -0.493 e. The van der Waals surface area contributed by atoms with Crippen LogP contribution in [0.4, 0.5) is 18.9 Å². The van der Waals surface area contributed by atoms with Gasteiger partial charge in [-0.15, -0.1) is 0 Å². The number of hydrogen-bond acceptors (Lipinski definition) is 4. The quantitative estimate of drug-likeness (QED) is 0.274. The van der Waals surface area contributed by atoms with Crippen molar-refractivity contribution in [3.05, 3.63) is 86.4 Å². The Morgan fingerprint density at radius 3 is 2.05 bits per heavy atom. The molecule has 3 aromatic carbocycles. The molecule has 0 heterocycles. The number of benzene rings is 3. The number of amides is 1. The number of carbonyl (C=O) groups is 2. The van der Waals surface area contributed by atoms with Crippen LogP contribution < -0.4 is 14.8 Å². The Labute approximate surface area is 222 Å². The van der Waals surface area contributed by atoms with Gasteiger partial charge >= 0.3 is 6.18 Å². The summed E-state index contributed by atoms with van der Waals surface area (Å²) in [6, 6.07) is 11.1. The van der Waals surface area contributed by atoms with Gasteiger partial charge < -0.3 is 14.8 Å². The van der Waals surface area contributed by atoms with Gasteiger partial charge in [-0.2, -0.15) is 13.2 Å². The summed E-state index contributed by atoms with van der Waals surface area (Å²) in [7, 11) is 0. The Hall–Kier alpha value is -3.23. The van der Waals surface area contributed by atoms with Crippen LogP contribution in [0.25, 0.3) is 0 Å². The van der Waals surface area contributed by atoms with Crippen molar-refractivity contribution >= 4 is 40.6 Å². The predicted octanol–water partition coefficient (Wildman–Crippen LogP) is 7.80. The predicted molar refractivity (Wildman–Crippen MR) is 137 cm³/mol. The first-order valence-electron chi connectivity index (χ1n) is 11.3. The summed E-state index contributed by atoms with van der Waals surface area (Å²) in [5.74, 6) is -0.777. The normalized spacial score (nSPS) is 11.2. The van der Waals surface area contributed by atoms with Crippen LogP contribution in [0.15, 0.2) is 48.5 Å². The highest BCUT2D eigenvalue weighted by atomic mass is 35.5. The molecule has 0 fully saturated rings. The molecule has 3 rings (SSSR count). The molecule has 0 atom stereocenters. The first-order chi connectivity index (χ1) is 17.4. The molecule has 0 aliphatic heterocycles. The van der Waals surface area contributed by atoms with Crippen molar-refractivity contribution in [3.63, 3.8) is 0 Å². The molecule has 0 spiro atoms. The molecule has 0 saturated heterocycles. The maximum atomic E-state index is 13.3. The molecule has 0 unspecified atom stereocenters. The van der Waals surface area contributed by atoms with Crippen LogP contribution in [0.5, 0.6) is 11.5 Å². The summed E-state index contributed by atoms with van der Waals surface area (Å²) >= 11 is 11.7. The second-order valence-electron chi connectivity index (χ2n) is 8.04. The minimum atomic E-state index is -4.66. The maximum absolute atomic E-state index is 13.3. The van der Waals surface area contributed by atoms with E-state index in [0.29, 0.717) is 10.7 Å². The van der Waals surface area contributed by atoms with Gasteiger partial charge in [-0.25, -0.2) is 0 Å². The Bertz CT molecular complexity index is 1330. The van der Waals surface area contributed by atoms with Gasteiger partial charge in [0.05, 0.1) is 34.9 Å². The third kappa shape index (κ3) is 6.96. The SMILES string of the molecule is CCOc1cc(C(=O)Nc2ccc(Cl)c(C)c2)c(OCC)cc1C(=O)Cc1ccc(Cl)c(C(F)(F)F)c1. The van der Waals surface area contributed by atoms with Crippen LogP contribution in [0.3, 0.4) is 0 Å². The Morgan fingerprint density at radius 2 is 1.46 bits per heavy atom. The zero-order chi connectivity index (χ0) is 27.3. The van der Waals surface area contributed by atoms with Crippen LogP contribution in [-0.2, 0) is 12.6 Å². The number of alkyl halides is 3. The first-order valence-corrected chi connectivity index (χ1v) is 12.1. The zero-order valence-electron chi connectivity index (χ0n) is 20.3. The second-order valence-corrected chi connectivity index (χ2v) is 8.85. The molecular formula is C27H24Cl2F3NO4. The lowest BCUT2D eigenvalue weighted by Crippen LogP contribution is -2.16. The third-order valence-electron chi connectivity index (χ3n) is 5.34. The number of nitrogens with one attached hydrogen (secondary N) is 1. The molecule has 0 radical (unpaired) electrons. The molecule has 10 heteroatoms. The number of Topliss-reactive ketones (excluding diaryl/α,β-unsaturated/α-hetero) is 1. The smallest absolute Gasteiger partial charge is 0.417 e. The van der Waals surface area contributed by atoms with Gasteiger partial charge in [0.25, 0.3) is 5.91 Å². The van der Waals surface area contributed by atoms with Crippen LogP contribution in [0, 0.1) is 6.92 Å². The van der Waals surface area contributed by atoms with Crippen molar-refractivity contribution in [2.75, 3.05) is 18.5 Å². The van der Waals surface area contributed by atoms with Crippen LogP contribution in [0.1, 0.15) is 51.3 Å². The molecule has 0 aliphatic carbocycles. The second kappa shape index (κ2) is 11.9. The average Bonchev–Trinajstić information content (AvgIpc) is 2.82. The molecule has 37 heavy (non-hydrogen) atoms. The Morgan fingerprint density at radius 1 is 0.865 bits per heavy atom. The van der Waals surface area contributed by atoms with E-state index < -0.39 is 28.5 Å². The lowest BCUT2D eigenvalue weighted by atomic mass is 9.98. The number of aryl methyl sites for hydroxylation is 1. The van der Waals surface area contributed by atoms with E-state index in [1.165, 1.54) is 18.2 Å². The molecule has 3 aromatic rings. The standard InChI is InChI=1S/C27H24Cl2F3NO4/c1-4-36-24-14-19(26(35)33-17-7-9-21(28)15(3)10-17)25(37-5-2)13-18(24)23(34)12-16-6-8-22(29)20(11-16)27(30,31)32/h6-11,13-14H,4-5,12H2,1-3H3,(H,33,35). The van der Waals surface area contributed by atoms with Crippen molar-refractivity contribution in [1.82, 2.24) is 0 Å². The van der Waals surface area contributed by atoms with Crippen molar-refractivity contribution < 1.29 is 32.2 Å². The van der Waals surface area contributed by atoms with Crippen LogP contribution in [0.2, 0.25) is 10.0 Å². The van der Waals surface area contributed by atoms with E-state index in [4.69, 9.17) is 32.7 Å². The Kier molecular flexibility index (Phi) is 9.10. The molecule has 5 nitrogen and oxygen atoms in total. The van der Waals surface area contributed by atoms with E-state index in [1.807, 2.05) is 0 Å². The fourth-order valence-electron chi connectivity index (χ4n) is 3.61. The summed E-state index contributed by atoms with van der Waals surface area (Å²) in [6.07, 6.45) is -5.01. The van der Waals surface area contributed by atoms with Gasteiger partial charge in [0.15, 0.2) is 5.78 Å². The van der Waals surface area contributed by atoms with Crippen molar-refractivity contribution in [3.8, 4) is 11.5 Å². The monoisotopic (exact) mass is 553 g/mol. The largest absolute Gasteiger partial charge is 0.493 e. The van der Waals surface area contributed by atoms with Gasteiger partial charge in [0, 0.05) is 17.1 Å². The number of ketones is 1. The molecule has 0 aliphatic rings. The van der Waals surface area contributed by atoms with E-state index in [0.717, 1.165) is 17.7 Å². The number of anilines is 1. The lowest BCUT2D eigenvalue weighted by Gasteiger charge is -2.17. The zero-order valence-corrected chi connectivity index (χ0v) is 21.8. The third-order valence-corrected chi connectivity index (χ3v) is 6.10. The summed E-state index contributed by atoms with van der Waals surface area (Å²) in [4.78, 5) is 26.3. The van der Waals surface area contributed by atoms with Gasteiger partial charge in [0.1, 0.15) is 11.5 Å². The highest BCUT2D eigenvalue weighted by molar-refractivity contribution is 6.31. The van der Waals surface area contributed by atoms with E-state index >= 15 is 0 Å². The molecule has 0 aromatic heterocycles. The fourth-order valence-corrected chi connectivity index (χ4v) is 3.95. The van der Waals surface area contributed by atoms with Crippen molar-refractivity contribution in [2.24, 2.45) is 0 Å². The minimum absolute atomic E-state index is 0.0766. The number of halogens is 5. The highest BCUT2D eigenvalue weighted by Crippen LogP contribution is 2.36. The highest BCUT2D eigenvalue weighted by Gasteiger charge is 2.33. The molecule has 0 bridgehead atoms. The number of rotatable bonds is 9. The summed E-state index contributed by atoms with van der Waals surface area (Å²) in [5, 5.41) is 2.87. The number of ether oxygens (including phenoxy) is 2. The lowest BCUT2D eigenvalue weighted by molar-refractivity contribution is -0.137. The summed E-state index contributed by atoms with van der Waals surface area (Å²) in [5.41, 5.74) is 0.589. The molecule has 196 valence electrons. The van der Waals surface area contributed by atoms with Crippen molar-refractivity contribution in [2.45, 2.75) is 33.4 Å².